The Morgan fingerprint density at radius 1 is 1.26 bits per heavy atom. The molecule has 0 radical (unpaired) electrons. The maximum absolute atomic E-state index is 15.2. The van der Waals surface area contributed by atoms with Crippen molar-refractivity contribution in [2.24, 2.45) is 17.1 Å². The van der Waals surface area contributed by atoms with Crippen LogP contribution < -0.4 is 20.7 Å². The van der Waals surface area contributed by atoms with E-state index in [2.05, 4.69) is 32.1 Å². The summed E-state index contributed by atoms with van der Waals surface area (Å²) in [6.07, 6.45) is 2.51. The minimum absolute atomic E-state index is 0.0601. The Balaban J connectivity index is 1.57. The van der Waals surface area contributed by atoms with Crippen LogP contribution in [-0.4, -0.2) is 46.1 Å². The summed E-state index contributed by atoms with van der Waals surface area (Å²) in [4.78, 5) is 18.7. The Morgan fingerprint density at radius 3 is 2.76 bits per heavy atom. The van der Waals surface area contributed by atoms with E-state index in [0.29, 0.717) is 52.8 Å². The third-order valence-corrected chi connectivity index (χ3v) is 7.33. The van der Waals surface area contributed by atoms with Crippen LogP contribution in [-0.2, 0) is 0 Å². The SMILES string of the molecule is CNc1cc(F)c(F)c2c1[nH]c1nc(Oc3ccc(C)nc3)nc(N3C[C@@H]4[C@H](N)C[C@]4(C)C3)c12. The third-order valence-electron chi connectivity index (χ3n) is 7.33. The number of nitrogens with one attached hydrogen (secondary N) is 2. The fraction of sp³-hybridized carbons (Fsp3) is 0.375. The Labute approximate surface area is 194 Å². The van der Waals surface area contributed by atoms with Gasteiger partial charge in [-0.3, -0.25) is 4.98 Å². The summed E-state index contributed by atoms with van der Waals surface area (Å²) in [5, 5.41) is 3.47. The second kappa shape index (κ2) is 7.23. The molecule has 2 fully saturated rings. The standard InChI is InChI=1S/C24H25F2N7O/c1-11-4-5-12(8-29-11)34-23-31-21-18(17-19(26)14(25)6-16(28-3)20(17)30-21)22(32-23)33-9-13-15(27)7-24(13,2)10-33/h4-6,8,13,15,28H,7,9-10,27H2,1-3H3,(H,30,31,32)/t13-,15-,24-/m1/s1. The topological polar surface area (TPSA) is 105 Å². The van der Waals surface area contributed by atoms with Crippen LogP contribution in [0.25, 0.3) is 21.9 Å². The lowest BCUT2D eigenvalue weighted by atomic mass is 9.60. The molecule has 3 atom stereocenters. The Bertz CT molecular complexity index is 1440. The molecule has 176 valence electrons. The van der Waals surface area contributed by atoms with Crippen LogP contribution >= 0.6 is 0 Å². The van der Waals surface area contributed by atoms with Gasteiger partial charge in [-0.2, -0.15) is 9.97 Å². The van der Waals surface area contributed by atoms with E-state index in [1.165, 1.54) is 0 Å². The third kappa shape index (κ3) is 3.01. The fourth-order valence-electron chi connectivity index (χ4n) is 5.58. The molecule has 1 saturated carbocycles. The number of rotatable bonds is 4. The summed E-state index contributed by atoms with van der Waals surface area (Å²) in [6.45, 7) is 5.49. The van der Waals surface area contributed by atoms with Gasteiger partial charge in [0.2, 0.25) is 0 Å². The Hall–Kier alpha value is -3.53. The van der Waals surface area contributed by atoms with Crippen LogP contribution in [0.3, 0.4) is 0 Å². The van der Waals surface area contributed by atoms with Crippen LogP contribution in [0.4, 0.5) is 20.3 Å². The number of H-pyrrole nitrogens is 1. The van der Waals surface area contributed by atoms with Crippen molar-refractivity contribution in [1.82, 2.24) is 19.9 Å². The lowest BCUT2D eigenvalue weighted by Gasteiger charge is -2.46. The van der Waals surface area contributed by atoms with E-state index in [0.717, 1.165) is 18.2 Å². The molecule has 1 aliphatic carbocycles. The molecule has 4 heterocycles. The molecule has 3 aromatic heterocycles. The number of hydrogen-bond donors (Lipinski definition) is 3. The van der Waals surface area contributed by atoms with Gasteiger partial charge in [0.15, 0.2) is 11.6 Å². The van der Waals surface area contributed by atoms with E-state index in [1.54, 1.807) is 19.3 Å². The van der Waals surface area contributed by atoms with Gasteiger partial charge < -0.3 is 25.7 Å². The molecule has 34 heavy (non-hydrogen) atoms. The van der Waals surface area contributed by atoms with Crippen LogP contribution in [0.1, 0.15) is 19.0 Å². The molecule has 1 aromatic carbocycles. The van der Waals surface area contributed by atoms with Crippen LogP contribution in [0, 0.1) is 29.9 Å². The minimum atomic E-state index is -0.940. The van der Waals surface area contributed by atoms with Crippen molar-refractivity contribution >= 4 is 33.4 Å². The zero-order chi connectivity index (χ0) is 23.8. The maximum atomic E-state index is 15.2. The normalized spacial score (nSPS) is 23.9. The molecule has 0 amide bonds. The van der Waals surface area contributed by atoms with Crippen molar-refractivity contribution in [2.75, 3.05) is 30.4 Å². The van der Waals surface area contributed by atoms with Crippen molar-refractivity contribution < 1.29 is 13.5 Å². The number of aryl methyl sites for hydroxylation is 1. The summed E-state index contributed by atoms with van der Waals surface area (Å²) in [6, 6.07) is 4.96. The number of nitrogens with two attached hydrogens (primary N) is 1. The highest BCUT2D eigenvalue weighted by Crippen LogP contribution is 2.52. The minimum Gasteiger partial charge on any atom is -0.423 e. The van der Waals surface area contributed by atoms with E-state index in [4.69, 9.17) is 15.5 Å². The van der Waals surface area contributed by atoms with Gasteiger partial charge >= 0.3 is 6.01 Å². The van der Waals surface area contributed by atoms with E-state index < -0.39 is 11.6 Å². The smallest absolute Gasteiger partial charge is 0.326 e. The van der Waals surface area contributed by atoms with Gasteiger partial charge in [-0.15, -0.1) is 0 Å². The highest BCUT2D eigenvalue weighted by molar-refractivity contribution is 6.15. The number of fused-ring (bicyclic) bond motifs is 4. The van der Waals surface area contributed by atoms with Gasteiger partial charge in [-0.25, -0.2) is 8.78 Å². The first-order valence-electron chi connectivity index (χ1n) is 11.3. The molecule has 6 rings (SSSR count). The molecular formula is C24H25F2N7O. The molecule has 10 heteroatoms. The van der Waals surface area contributed by atoms with Gasteiger partial charge in [0.1, 0.15) is 17.2 Å². The van der Waals surface area contributed by atoms with Crippen molar-refractivity contribution in [1.29, 1.82) is 0 Å². The number of pyridine rings is 1. The zero-order valence-corrected chi connectivity index (χ0v) is 19.1. The van der Waals surface area contributed by atoms with Crippen molar-refractivity contribution in [3.05, 3.63) is 41.7 Å². The molecule has 4 aromatic rings. The quantitative estimate of drug-likeness (QED) is 0.417. The molecule has 4 N–H and O–H groups in total. The number of hydrogen-bond acceptors (Lipinski definition) is 7. The Morgan fingerprint density at radius 2 is 2.09 bits per heavy atom. The lowest BCUT2D eigenvalue weighted by molar-refractivity contribution is 0.0771. The van der Waals surface area contributed by atoms with Gasteiger partial charge in [-0.1, -0.05) is 6.92 Å². The molecule has 8 nitrogen and oxygen atoms in total. The molecule has 1 aliphatic heterocycles. The number of nitrogens with zero attached hydrogens (tertiary/aromatic N) is 4. The number of aromatic amines is 1. The van der Waals surface area contributed by atoms with E-state index >= 15 is 4.39 Å². The first-order valence-corrected chi connectivity index (χ1v) is 11.3. The first kappa shape index (κ1) is 21.0. The summed E-state index contributed by atoms with van der Waals surface area (Å²) in [7, 11) is 1.66. The van der Waals surface area contributed by atoms with Crippen molar-refractivity contribution in [3.63, 3.8) is 0 Å². The van der Waals surface area contributed by atoms with E-state index in [9.17, 15) is 4.39 Å². The molecule has 0 bridgehead atoms. The monoisotopic (exact) mass is 465 g/mol. The van der Waals surface area contributed by atoms with Crippen LogP contribution in [0.2, 0.25) is 0 Å². The van der Waals surface area contributed by atoms with Crippen LogP contribution in [0.5, 0.6) is 11.8 Å². The largest absolute Gasteiger partial charge is 0.423 e. The molecule has 2 aliphatic rings. The summed E-state index contributed by atoms with van der Waals surface area (Å²) in [5.41, 5.74) is 8.42. The predicted octanol–water partition coefficient (Wildman–Crippen LogP) is 4.10. The molecule has 0 spiro atoms. The first-order chi connectivity index (χ1) is 16.3. The van der Waals surface area contributed by atoms with Crippen LogP contribution in [0.15, 0.2) is 24.4 Å². The highest BCUT2D eigenvalue weighted by Gasteiger charge is 2.55. The van der Waals surface area contributed by atoms with Gasteiger partial charge in [0, 0.05) is 37.9 Å². The predicted molar refractivity (Wildman–Crippen MR) is 126 cm³/mol. The van der Waals surface area contributed by atoms with Gasteiger partial charge in [0.25, 0.3) is 0 Å². The van der Waals surface area contributed by atoms with Gasteiger partial charge in [0.05, 0.1) is 28.2 Å². The number of ether oxygens (including phenoxy) is 1. The number of halogens is 2. The van der Waals surface area contributed by atoms with Crippen molar-refractivity contribution in [3.8, 4) is 11.8 Å². The number of benzene rings is 1. The molecule has 1 saturated heterocycles. The summed E-state index contributed by atoms with van der Waals surface area (Å²) < 4.78 is 35.6. The lowest BCUT2D eigenvalue weighted by Crippen LogP contribution is -2.53. The molecule has 0 unspecified atom stereocenters. The van der Waals surface area contributed by atoms with Crippen molar-refractivity contribution in [2.45, 2.75) is 26.3 Å². The maximum Gasteiger partial charge on any atom is 0.326 e. The number of anilines is 2. The fourth-order valence-corrected chi connectivity index (χ4v) is 5.58. The average molecular weight is 466 g/mol. The zero-order valence-electron chi connectivity index (χ0n) is 19.1. The van der Waals surface area contributed by atoms with E-state index in [-0.39, 0.29) is 22.9 Å². The summed E-state index contributed by atoms with van der Waals surface area (Å²) in [5.74, 6) is -0.587. The Kier molecular flexibility index (Phi) is 4.47. The highest BCUT2D eigenvalue weighted by atomic mass is 19.2. The van der Waals surface area contributed by atoms with Gasteiger partial charge in [-0.05, 0) is 36.8 Å². The number of aromatic nitrogens is 4. The van der Waals surface area contributed by atoms with E-state index in [1.807, 2.05) is 13.0 Å². The average Bonchev–Trinajstić information content (AvgIpc) is 3.32. The second-order valence-electron chi connectivity index (χ2n) is 9.64. The molecular weight excluding hydrogens is 440 g/mol. The summed E-state index contributed by atoms with van der Waals surface area (Å²) >= 11 is 0. The second-order valence-corrected chi connectivity index (χ2v) is 9.64.